The van der Waals surface area contributed by atoms with E-state index in [9.17, 15) is 14.7 Å². The Kier molecular flexibility index (Phi) is 4.71. The fourth-order valence-corrected chi connectivity index (χ4v) is 4.49. The van der Waals surface area contributed by atoms with Crippen molar-refractivity contribution in [3.05, 3.63) is 28.2 Å². The third kappa shape index (κ3) is 2.97. The van der Waals surface area contributed by atoms with Crippen LogP contribution >= 0.6 is 15.9 Å². The van der Waals surface area contributed by atoms with Crippen LogP contribution in [0, 0.1) is 11.3 Å². The number of hydrogen-bond donors (Lipinski definition) is 2. The number of rotatable bonds is 4. The van der Waals surface area contributed by atoms with Crippen LogP contribution in [0.15, 0.2) is 22.7 Å². The van der Waals surface area contributed by atoms with Crippen LogP contribution < -0.4 is 10.1 Å². The molecular formula is C17H21BrN2O4. The van der Waals surface area contributed by atoms with Gasteiger partial charge >= 0.3 is 12.0 Å². The molecule has 2 N–H and O–H groups in total. The van der Waals surface area contributed by atoms with Gasteiger partial charge in [-0.15, -0.1) is 0 Å². The number of fused-ring (bicyclic) bond motifs is 1. The molecule has 0 unspecified atom stereocenters. The van der Waals surface area contributed by atoms with Gasteiger partial charge in [0.2, 0.25) is 0 Å². The van der Waals surface area contributed by atoms with E-state index < -0.39 is 11.4 Å². The summed E-state index contributed by atoms with van der Waals surface area (Å²) < 4.78 is 6.02. The van der Waals surface area contributed by atoms with Crippen LogP contribution in [0.1, 0.15) is 24.8 Å². The Morgan fingerprint density at radius 2 is 2.29 bits per heavy atom. The zero-order chi connectivity index (χ0) is 17.3. The number of carbonyl (C=O) groups excluding carboxylic acids is 1. The summed E-state index contributed by atoms with van der Waals surface area (Å²) in [4.78, 5) is 25.7. The van der Waals surface area contributed by atoms with Gasteiger partial charge < -0.3 is 20.1 Å². The van der Waals surface area contributed by atoms with Crippen molar-refractivity contribution in [3.63, 3.8) is 0 Å². The van der Waals surface area contributed by atoms with E-state index in [-0.39, 0.29) is 11.9 Å². The highest BCUT2D eigenvalue weighted by Gasteiger charge is 2.55. The molecule has 7 heteroatoms. The number of nitrogens with zero attached hydrogens (tertiary/aromatic N) is 1. The topological polar surface area (TPSA) is 78.9 Å². The quantitative estimate of drug-likeness (QED) is 0.819. The highest BCUT2D eigenvalue weighted by molar-refractivity contribution is 9.10. The number of carboxylic acid groups (broad SMARTS) is 1. The normalized spacial score (nSPS) is 25.4. The van der Waals surface area contributed by atoms with Crippen molar-refractivity contribution in [1.82, 2.24) is 10.2 Å². The molecule has 24 heavy (non-hydrogen) atoms. The molecule has 0 spiro atoms. The molecule has 6 nitrogen and oxygen atoms in total. The molecule has 0 radical (unpaired) electrons. The molecule has 1 saturated heterocycles. The first-order chi connectivity index (χ1) is 11.5. The Bertz CT molecular complexity index is 666. The van der Waals surface area contributed by atoms with Gasteiger partial charge in [-0.05, 0) is 52.4 Å². The first-order valence-corrected chi connectivity index (χ1v) is 8.84. The predicted octanol–water partition coefficient (Wildman–Crippen LogP) is 2.85. The third-order valence-electron chi connectivity index (χ3n) is 5.24. The monoisotopic (exact) mass is 396 g/mol. The second-order valence-electron chi connectivity index (χ2n) is 6.56. The van der Waals surface area contributed by atoms with Crippen LogP contribution in [-0.2, 0) is 11.3 Å². The zero-order valence-corrected chi connectivity index (χ0v) is 15.1. The van der Waals surface area contributed by atoms with Gasteiger partial charge in [-0.25, -0.2) is 4.79 Å². The number of ether oxygens (including phenoxy) is 1. The third-order valence-corrected chi connectivity index (χ3v) is 5.86. The maximum absolute atomic E-state index is 12.4. The lowest BCUT2D eigenvalue weighted by Gasteiger charge is -2.23. The van der Waals surface area contributed by atoms with Gasteiger partial charge in [-0.1, -0.05) is 12.5 Å². The number of carboxylic acids is 1. The van der Waals surface area contributed by atoms with Crippen LogP contribution in [-0.4, -0.2) is 42.2 Å². The minimum absolute atomic E-state index is 0.0795. The summed E-state index contributed by atoms with van der Waals surface area (Å²) in [7, 11) is 1.60. The number of nitrogens with one attached hydrogen (secondary N) is 1. The highest BCUT2D eigenvalue weighted by atomic mass is 79.9. The molecule has 1 aromatic rings. The molecule has 1 aromatic carbocycles. The van der Waals surface area contributed by atoms with Crippen molar-refractivity contribution in [3.8, 4) is 5.75 Å². The molecule has 2 amide bonds. The standard InChI is InChI=1S/C17H21BrN2O4/c1-24-14-5-4-11(7-13(14)18)8-19-16(23)20-9-12-3-2-6-17(12,10-20)15(21)22/h4-5,7,12H,2-3,6,8-10H2,1H3,(H,19,23)(H,21,22)/t12-,17+/m0/s1. The second-order valence-corrected chi connectivity index (χ2v) is 7.41. The summed E-state index contributed by atoms with van der Waals surface area (Å²) in [5.74, 6) is 0.0520. The molecular weight excluding hydrogens is 376 g/mol. The average Bonchev–Trinajstić information content (AvgIpc) is 3.11. The Balaban J connectivity index is 1.60. The lowest BCUT2D eigenvalue weighted by molar-refractivity contribution is -0.149. The molecule has 1 aliphatic heterocycles. The van der Waals surface area contributed by atoms with Gasteiger partial charge in [0, 0.05) is 19.6 Å². The maximum atomic E-state index is 12.4. The lowest BCUT2D eigenvalue weighted by Crippen LogP contribution is -2.41. The Morgan fingerprint density at radius 1 is 1.50 bits per heavy atom. The van der Waals surface area contributed by atoms with Crippen molar-refractivity contribution in [2.24, 2.45) is 11.3 Å². The van der Waals surface area contributed by atoms with Crippen molar-refractivity contribution in [1.29, 1.82) is 0 Å². The van der Waals surface area contributed by atoms with Crippen LogP contribution in [0.5, 0.6) is 5.75 Å². The Labute approximate surface area is 149 Å². The van der Waals surface area contributed by atoms with Gasteiger partial charge in [0.1, 0.15) is 5.75 Å². The summed E-state index contributed by atoms with van der Waals surface area (Å²) in [6, 6.07) is 5.43. The van der Waals surface area contributed by atoms with Crippen molar-refractivity contribution < 1.29 is 19.4 Å². The number of aliphatic carboxylic acids is 1. The number of amides is 2. The first kappa shape index (κ1) is 17.1. The highest BCUT2D eigenvalue weighted by Crippen LogP contribution is 2.48. The smallest absolute Gasteiger partial charge is 0.317 e. The van der Waals surface area contributed by atoms with Crippen molar-refractivity contribution >= 4 is 27.9 Å². The number of likely N-dealkylation sites (tertiary alicyclic amines) is 1. The minimum Gasteiger partial charge on any atom is -0.496 e. The SMILES string of the molecule is COc1ccc(CNC(=O)N2C[C@@H]3CCC[C@@]3(C(=O)O)C2)cc1Br. The molecule has 2 aliphatic rings. The zero-order valence-electron chi connectivity index (χ0n) is 13.5. The summed E-state index contributed by atoms with van der Waals surface area (Å²) in [6.07, 6.45) is 2.50. The lowest BCUT2D eigenvalue weighted by atomic mass is 9.81. The number of methoxy groups -OCH3 is 1. The van der Waals surface area contributed by atoms with E-state index in [0.29, 0.717) is 26.1 Å². The van der Waals surface area contributed by atoms with Crippen molar-refractivity contribution in [2.75, 3.05) is 20.2 Å². The Morgan fingerprint density at radius 3 is 2.92 bits per heavy atom. The predicted molar refractivity (Wildman–Crippen MR) is 91.9 cm³/mol. The number of carbonyl (C=O) groups is 2. The molecule has 3 rings (SSSR count). The second kappa shape index (κ2) is 6.63. The fourth-order valence-electron chi connectivity index (χ4n) is 3.90. The Hall–Kier alpha value is -1.76. The molecule has 1 aliphatic carbocycles. The van der Waals surface area contributed by atoms with Gasteiger partial charge in [0.05, 0.1) is 17.0 Å². The largest absolute Gasteiger partial charge is 0.496 e. The van der Waals surface area contributed by atoms with Crippen LogP contribution in [0.4, 0.5) is 4.79 Å². The van der Waals surface area contributed by atoms with Gasteiger partial charge in [-0.3, -0.25) is 4.79 Å². The molecule has 0 bridgehead atoms. The average molecular weight is 397 g/mol. The molecule has 2 fully saturated rings. The molecule has 0 aromatic heterocycles. The number of halogens is 1. The van der Waals surface area contributed by atoms with Crippen LogP contribution in [0.3, 0.4) is 0 Å². The van der Waals surface area contributed by atoms with Gasteiger partial charge in [0.15, 0.2) is 0 Å². The van der Waals surface area contributed by atoms with Gasteiger partial charge in [-0.2, -0.15) is 0 Å². The minimum atomic E-state index is -0.764. The van der Waals surface area contributed by atoms with E-state index in [4.69, 9.17) is 4.74 Å². The number of urea groups is 1. The molecule has 1 heterocycles. The molecule has 130 valence electrons. The van der Waals surface area contributed by atoms with E-state index in [2.05, 4.69) is 21.2 Å². The maximum Gasteiger partial charge on any atom is 0.317 e. The number of hydrogen-bond acceptors (Lipinski definition) is 3. The summed E-state index contributed by atoms with van der Waals surface area (Å²) in [5, 5.41) is 12.5. The van der Waals surface area contributed by atoms with Crippen molar-refractivity contribution in [2.45, 2.75) is 25.8 Å². The molecule has 2 atom stereocenters. The van der Waals surface area contributed by atoms with E-state index in [1.807, 2.05) is 18.2 Å². The van der Waals surface area contributed by atoms with Crippen LogP contribution in [0.25, 0.3) is 0 Å². The van der Waals surface area contributed by atoms with E-state index >= 15 is 0 Å². The van der Waals surface area contributed by atoms with Gasteiger partial charge in [0.25, 0.3) is 0 Å². The fraction of sp³-hybridized carbons (Fsp3) is 0.529. The summed E-state index contributed by atoms with van der Waals surface area (Å²) >= 11 is 3.42. The van der Waals surface area contributed by atoms with E-state index in [1.54, 1.807) is 12.0 Å². The summed E-state index contributed by atoms with van der Waals surface area (Å²) in [5.41, 5.74) is 0.212. The number of benzene rings is 1. The van der Waals surface area contributed by atoms with E-state index in [0.717, 1.165) is 28.6 Å². The summed E-state index contributed by atoms with van der Waals surface area (Å²) in [6.45, 7) is 1.23. The van der Waals surface area contributed by atoms with E-state index in [1.165, 1.54) is 0 Å². The first-order valence-electron chi connectivity index (χ1n) is 8.05. The molecule has 1 saturated carbocycles. The van der Waals surface area contributed by atoms with Crippen LogP contribution in [0.2, 0.25) is 0 Å².